The molecular weight excluding hydrogens is 438 g/mol. The lowest BCUT2D eigenvalue weighted by Gasteiger charge is -2.19. The zero-order valence-electron chi connectivity index (χ0n) is 19.6. The Morgan fingerprint density at radius 2 is 1.64 bits per heavy atom. The zero-order chi connectivity index (χ0) is 24.0. The molecule has 1 saturated heterocycles. The Morgan fingerprint density at radius 1 is 1.00 bits per heavy atom. The fourth-order valence-corrected chi connectivity index (χ4v) is 5.56. The van der Waals surface area contributed by atoms with Gasteiger partial charge in [-0.25, -0.2) is 8.42 Å². The van der Waals surface area contributed by atoms with Gasteiger partial charge in [-0.15, -0.1) is 0 Å². The minimum atomic E-state index is -3.50. The molecule has 0 aromatic heterocycles. The van der Waals surface area contributed by atoms with Gasteiger partial charge >= 0.3 is 0 Å². The van der Waals surface area contributed by atoms with Crippen molar-refractivity contribution in [2.24, 2.45) is 0 Å². The van der Waals surface area contributed by atoms with Gasteiger partial charge in [-0.2, -0.15) is 4.31 Å². The minimum absolute atomic E-state index is 0.0449. The molecule has 2 amide bonds. The SMILES string of the molecule is CCN(CC)S(=O)(=O)c1ccc(CCC(=O)Nc2c(C)cccc2C(=O)N2CCCC2)cc1. The zero-order valence-corrected chi connectivity index (χ0v) is 20.5. The number of amides is 2. The van der Waals surface area contributed by atoms with Crippen LogP contribution >= 0.6 is 0 Å². The van der Waals surface area contributed by atoms with Crippen molar-refractivity contribution in [1.82, 2.24) is 9.21 Å². The summed E-state index contributed by atoms with van der Waals surface area (Å²) in [7, 11) is -3.50. The third kappa shape index (κ3) is 5.81. The first kappa shape index (κ1) is 24.9. The molecule has 8 heteroatoms. The third-order valence-electron chi connectivity index (χ3n) is 6.07. The molecule has 0 atom stereocenters. The topological polar surface area (TPSA) is 86.8 Å². The van der Waals surface area contributed by atoms with Crippen molar-refractivity contribution in [3.05, 3.63) is 59.2 Å². The number of nitrogens with zero attached hydrogens (tertiary/aromatic N) is 2. The molecule has 178 valence electrons. The highest BCUT2D eigenvalue weighted by Crippen LogP contribution is 2.24. The molecule has 0 aliphatic carbocycles. The summed E-state index contributed by atoms with van der Waals surface area (Å²) in [5, 5.41) is 2.93. The Kier molecular flexibility index (Phi) is 8.26. The predicted molar refractivity (Wildman–Crippen MR) is 130 cm³/mol. The molecule has 7 nitrogen and oxygen atoms in total. The summed E-state index contributed by atoms with van der Waals surface area (Å²) in [4.78, 5) is 27.7. The van der Waals surface area contributed by atoms with E-state index in [9.17, 15) is 18.0 Å². The van der Waals surface area contributed by atoms with Gasteiger partial charge in [0.25, 0.3) is 5.91 Å². The number of aryl methyl sites for hydroxylation is 2. The average molecular weight is 472 g/mol. The predicted octanol–water partition coefficient (Wildman–Crippen LogP) is 3.83. The van der Waals surface area contributed by atoms with E-state index in [2.05, 4.69) is 5.32 Å². The molecule has 1 aliphatic rings. The molecule has 1 heterocycles. The van der Waals surface area contributed by atoms with Crippen molar-refractivity contribution in [3.8, 4) is 0 Å². The highest BCUT2D eigenvalue weighted by Gasteiger charge is 2.24. The van der Waals surface area contributed by atoms with Crippen LogP contribution in [0.5, 0.6) is 0 Å². The first-order chi connectivity index (χ1) is 15.8. The van der Waals surface area contributed by atoms with Crippen LogP contribution < -0.4 is 5.32 Å². The van der Waals surface area contributed by atoms with E-state index >= 15 is 0 Å². The lowest BCUT2D eigenvalue weighted by atomic mass is 10.1. The molecule has 1 N–H and O–H groups in total. The van der Waals surface area contributed by atoms with Crippen molar-refractivity contribution < 1.29 is 18.0 Å². The van der Waals surface area contributed by atoms with E-state index < -0.39 is 10.0 Å². The number of anilines is 1. The van der Waals surface area contributed by atoms with Crippen LogP contribution in [0.1, 0.15) is 54.6 Å². The lowest BCUT2D eigenvalue weighted by molar-refractivity contribution is -0.116. The quantitative estimate of drug-likeness (QED) is 0.602. The largest absolute Gasteiger partial charge is 0.339 e. The molecular formula is C25H33N3O4S. The van der Waals surface area contributed by atoms with E-state index in [1.165, 1.54) is 4.31 Å². The van der Waals surface area contributed by atoms with Crippen LogP contribution in [-0.4, -0.2) is 55.6 Å². The van der Waals surface area contributed by atoms with Crippen molar-refractivity contribution in [2.45, 2.75) is 51.3 Å². The number of likely N-dealkylation sites (tertiary alicyclic amines) is 1. The molecule has 0 unspecified atom stereocenters. The number of sulfonamides is 1. The van der Waals surface area contributed by atoms with Crippen LogP contribution in [0.3, 0.4) is 0 Å². The second-order valence-electron chi connectivity index (χ2n) is 8.28. The summed E-state index contributed by atoms with van der Waals surface area (Å²) in [5.41, 5.74) is 2.82. The van der Waals surface area contributed by atoms with Gasteiger partial charge in [-0.1, -0.05) is 38.1 Å². The number of hydrogen-bond donors (Lipinski definition) is 1. The Labute approximate surface area is 196 Å². The summed E-state index contributed by atoms with van der Waals surface area (Å²) >= 11 is 0. The van der Waals surface area contributed by atoms with E-state index in [0.29, 0.717) is 30.8 Å². The second-order valence-corrected chi connectivity index (χ2v) is 10.2. The Balaban J connectivity index is 1.65. The van der Waals surface area contributed by atoms with Crippen LogP contribution in [0.25, 0.3) is 0 Å². The van der Waals surface area contributed by atoms with Gasteiger partial charge < -0.3 is 10.2 Å². The van der Waals surface area contributed by atoms with Crippen molar-refractivity contribution in [2.75, 3.05) is 31.5 Å². The summed E-state index contributed by atoms with van der Waals surface area (Å²) < 4.78 is 26.7. The van der Waals surface area contributed by atoms with Gasteiger partial charge in [-0.05, 0) is 55.5 Å². The number of hydrogen-bond acceptors (Lipinski definition) is 4. The molecule has 1 aliphatic heterocycles. The van der Waals surface area contributed by atoms with Crippen LogP contribution in [0, 0.1) is 6.92 Å². The molecule has 2 aromatic carbocycles. The normalized spacial score (nSPS) is 14.0. The van der Waals surface area contributed by atoms with E-state index in [-0.39, 0.29) is 23.1 Å². The van der Waals surface area contributed by atoms with Crippen LogP contribution in [0.2, 0.25) is 0 Å². The molecule has 33 heavy (non-hydrogen) atoms. The maximum Gasteiger partial charge on any atom is 0.255 e. The second kappa shape index (κ2) is 10.9. The number of carbonyl (C=O) groups excluding carboxylic acids is 2. The number of para-hydroxylation sites is 1. The summed E-state index contributed by atoms with van der Waals surface area (Å²) in [6.07, 6.45) is 2.72. The van der Waals surface area contributed by atoms with E-state index in [4.69, 9.17) is 0 Å². The number of rotatable bonds is 9. The maximum absolute atomic E-state index is 12.9. The van der Waals surface area contributed by atoms with E-state index in [1.807, 2.05) is 37.8 Å². The molecule has 1 fully saturated rings. The monoisotopic (exact) mass is 471 g/mol. The molecule has 0 spiro atoms. The van der Waals surface area contributed by atoms with Gasteiger partial charge in [0.1, 0.15) is 0 Å². The average Bonchev–Trinajstić information content (AvgIpc) is 3.34. The minimum Gasteiger partial charge on any atom is -0.339 e. The number of benzene rings is 2. The number of nitrogens with one attached hydrogen (secondary N) is 1. The summed E-state index contributed by atoms with van der Waals surface area (Å²) in [6, 6.07) is 12.2. The smallest absolute Gasteiger partial charge is 0.255 e. The van der Waals surface area contributed by atoms with Crippen LogP contribution in [0.15, 0.2) is 47.4 Å². The summed E-state index contributed by atoms with van der Waals surface area (Å²) in [6.45, 7) is 7.84. The van der Waals surface area contributed by atoms with E-state index in [1.54, 1.807) is 30.3 Å². The van der Waals surface area contributed by atoms with Gasteiger partial charge in [0.2, 0.25) is 15.9 Å². The van der Waals surface area contributed by atoms with Crippen LogP contribution in [-0.2, 0) is 21.2 Å². The Morgan fingerprint density at radius 3 is 2.24 bits per heavy atom. The highest BCUT2D eigenvalue weighted by atomic mass is 32.2. The van der Waals surface area contributed by atoms with Crippen molar-refractivity contribution in [3.63, 3.8) is 0 Å². The van der Waals surface area contributed by atoms with E-state index in [0.717, 1.165) is 37.1 Å². The molecule has 0 bridgehead atoms. The highest BCUT2D eigenvalue weighted by molar-refractivity contribution is 7.89. The number of carbonyl (C=O) groups is 2. The van der Waals surface area contributed by atoms with Crippen LogP contribution in [0.4, 0.5) is 5.69 Å². The fraction of sp³-hybridized carbons (Fsp3) is 0.440. The maximum atomic E-state index is 12.9. The van der Waals surface area contributed by atoms with Crippen molar-refractivity contribution >= 4 is 27.5 Å². The standard InChI is InChI=1S/C25H33N3O4S/c1-4-28(5-2)33(31,32)21-14-11-20(12-15-21)13-16-23(29)26-24-19(3)9-8-10-22(24)25(30)27-17-6-7-18-27/h8-12,14-15H,4-7,13,16-18H2,1-3H3,(H,26,29). The Bertz CT molecular complexity index is 1090. The first-order valence-electron chi connectivity index (χ1n) is 11.6. The molecule has 3 rings (SSSR count). The fourth-order valence-electron chi connectivity index (χ4n) is 4.10. The Hall–Kier alpha value is -2.71. The van der Waals surface area contributed by atoms with Crippen molar-refractivity contribution in [1.29, 1.82) is 0 Å². The first-order valence-corrected chi connectivity index (χ1v) is 13.0. The van der Waals surface area contributed by atoms with Gasteiger partial charge in [0.05, 0.1) is 16.1 Å². The molecule has 0 saturated carbocycles. The summed E-state index contributed by atoms with van der Waals surface area (Å²) in [5.74, 6) is -0.226. The molecule has 0 radical (unpaired) electrons. The molecule has 2 aromatic rings. The van der Waals surface area contributed by atoms with Gasteiger partial charge in [0.15, 0.2) is 0 Å². The van der Waals surface area contributed by atoms with Gasteiger partial charge in [0, 0.05) is 32.6 Å². The van der Waals surface area contributed by atoms with Gasteiger partial charge in [-0.3, -0.25) is 9.59 Å². The third-order valence-corrected chi connectivity index (χ3v) is 8.13. The lowest BCUT2D eigenvalue weighted by Crippen LogP contribution is -2.30.